The largest absolute Gasteiger partial charge is 0.347 e. The highest BCUT2D eigenvalue weighted by atomic mass is 14.9. The third-order valence-electron chi connectivity index (χ3n) is 3.03. The van der Waals surface area contributed by atoms with Gasteiger partial charge in [-0.1, -0.05) is 31.0 Å². The van der Waals surface area contributed by atoms with Crippen molar-refractivity contribution in [2.45, 2.75) is 32.2 Å². The molecule has 0 aliphatic rings. The van der Waals surface area contributed by atoms with E-state index < -0.39 is 0 Å². The van der Waals surface area contributed by atoms with Crippen LogP contribution in [0.4, 0.5) is 0 Å². The van der Waals surface area contributed by atoms with E-state index in [1.807, 2.05) is 0 Å². The maximum absolute atomic E-state index is 5.47. The molecule has 0 amide bonds. The molecule has 0 saturated heterocycles. The maximum atomic E-state index is 5.47. The van der Waals surface area contributed by atoms with Crippen LogP contribution in [0, 0.1) is 0 Å². The Hall–Kier alpha value is -1.28. The summed E-state index contributed by atoms with van der Waals surface area (Å²) in [4.78, 5) is 0. The molecule has 1 aromatic carbocycles. The number of nitrogens with zero attached hydrogens (tertiary/aromatic N) is 1. The lowest BCUT2D eigenvalue weighted by Crippen LogP contribution is -1.99. The number of aromatic nitrogens is 1. The zero-order valence-electron chi connectivity index (χ0n) is 9.73. The maximum Gasteiger partial charge on any atom is 0.0480 e. The van der Waals surface area contributed by atoms with Gasteiger partial charge in [0.1, 0.15) is 0 Å². The Kier molecular flexibility index (Phi) is 4.00. The fraction of sp³-hybridized carbons (Fsp3) is 0.429. The summed E-state index contributed by atoms with van der Waals surface area (Å²) >= 11 is 0. The second-order valence-electron chi connectivity index (χ2n) is 4.27. The second-order valence-corrected chi connectivity index (χ2v) is 4.27. The SMILES string of the molecule is NCCCCCCn1ccc2ccccc21. The zero-order valence-corrected chi connectivity index (χ0v) is 9.73. The van der Waals surface area contributed by atoms with Crippen molar-refractivity contribution in [2.75, 3.05) is 6.54 Å². The Balaban J connectivity index is 1.89. The summed E-state index contributed by atoms with van der Waals surface area (Å²) in [7, 11) is 0. The molecule has 2 rings (SSSR count). The van der Waals surface area contributed by atoms with Crippen molar-refractivity contribution in [3.8, 4) is 0 Å². The average molecular weight is 216 g/mol. The minimum atomic E-state index is 0.826. The van der Waals surface area contributed by atoms with Gasteiger partial charge in [-0.2, -0.15) is 0 Å². The molecule has 0 spiro atoms. The molecule has 2 nitrogen and oxygen atoms in total. The van der Waals surface area contributed by atoms with Gasteiger partial charge in [-0.05, 0) is 36.9 Å². The first-order valence-corrected chi connectivity index (χ1v) is 6.16. The molecule has 0 bridgehead atoms. The molecular formula is C14H20N2. The lowest BCUT2D eigenvalue weighted by Gasteiger charge is -2.05. The molecule has 0 unspecified atom stereocenters. The van der Waals surface area contributed by atoms with Gasteiger partial charge in [-0.25, -0.2) is 0 Å². The first-order valence-electron chi connectivity index (χ1n) is 6.16. The summed E-state index contributed by atoms with van der Waals surface area (Å²) in [5, 5.41) is 1.34. The number of nitrogens with two attached hydrogens (primary N) is 1. The van der Waals surface area contributed by atoms with Crippen LogP contribution in [0.15, 0.2) is 36.5 Å². The quantitative estimate of drug-likeness (QED) is 0.739. The van der Waals surface area contributed by atoms with Crippen molar-refractivity contribution in [3.63, 3.8) is 0 Å². The van der Waals surface area contributed by atoms with Crippen molar-refractivity contribution >= 4 is 10.9 Å². The Bertz CT molecular complexity index is 431. The number of hydrogen-bond donors (Lipinski definition) is 1. The van der Waals surface area contributed by atoms with Crippen LogP contribution >= 0.6 is 0 Å². The monoisotopic (exact) mass is 216 g/mol. The zero-order chi connectivity index (χ0) is 11.2. The van der Waals surface area contributed by atoms with E-state index in [-0.39, 0.29) is 0 Å². The summed E-state index contributed by atoms with van der Waals surface area (Å²) in [5.41, 5.74) is 6.82. The fourth-order valence-corrected chi connectivity index (χ4v) is 2.12. The number of unbranched alkanes of at least 4 members (excludes halogenated alkanes) is 3. The van der Waals surface area contributed by atoms with E-state index in [0.29, 0.717) is 0 Å². The minimum Gasteiger partial charge on any atom is -0.347 e. The molecule has 0 saturated carbocycles. The van der Waals surface area contributed by atoms with Crippen LogP contribution in [0.5, 0.6) is 0 Å². The number of benzene rings is 1. The van der Waals surface area contributed by atoms with Crippen molar-refractivity contribution < 1.29 is 0 Å². The molecule has 2 aromatic rings. The summed E-state index contributed by atoms with van der Waals surface area (Å²) in [6.45, 7) is 1.95. The first kappa shape index (κ1) is 11.2. The standard InChI is InChI=1S/C14H20N2/c15-10-5-1-2-6-11-16-12-9-13-7-3-4-8-14(13)16/h3-4,7-9,12H,1-2,5-6,10-11,15H2. The predicted molar refractivity (Wildman–Crippen MR) is 69.5 cm³/mol. The van der Waals surface area contributed by atoms with Crippen molar-refractivity contribution in [3.05, 3.63) is 36.5 Å². The van der Waals surface area contributed by atoms with Crippen LogP contribution in [0.25, 0.3) is 10.9 Å². The van der Waals surface area contributed by atoms with Crippen LogP contribution in [0.2, 0.25) is 0 Å². The van der Waals surface area contributed by atoms with Gasteiger partial charge in [0.15, 0.2) is 0 Å². The topological polar surface area (TPSA) is 30.9 Å². The molecule has 0 fully saturated rings. The van der Waals surface area contributed by atoms with E-state index in [2.05, 4.69) is 41.1 Å². The summed E-state index contributed by atoms with van der Waals surface area (Å²) in [5.74, 6) is 0. The molecule has 86 valence electrons. The molecule has 0 radical (unpaired) electrons. The van der Waals surface area contributed by atoms with E-state index in [1.165, 1.54) is 30.2 Å². The molecule has 2 N–H and O–H groups in total. The lowest BCUT2D eigenvalue weighted by atomic mass is 10.2. The van der Waals surface area contributed by atoms with E-state index in [9.17, 15) is 0 Å². The molecule has 16 heavy (non-hydrogen) atoms. The van der Waals surface area contributed by atoms with Gasteiger partial charge in [0.25, 0.3) is 0 Å². The highest BCUT2D eigenvalue weighted by Crippen LogP contribution is 2.15. The van der Waals surface area contributed by atoms with Gasteiger partial charge in [0.2, 0.25) is 0 Å². The van der Waals surface area contributed by atoms with Crippen LogP contribution < -0.4 is 5.73 Å². The van der Waals surface area contributed by atoms with E-state index in [4.69, 9.17) is 5.73 Å². The lowest BCUT2D eigenvalue weighted by molar-refractivity contribution is 0.585. The van der Waals surface area contributed by atoms with Gasteiger partial charge in [-0.15, -0.1) is 0 Å². The van der Waals surface area contributed by atoms with Crippen LogP contribution in [0.1, 0.15) is 25.7 Å². The van der Waals surface area contributed by atoms with E-state index in [1.54, 1.807) is 0 Å². The van der Waals surface area contributed by atoms with Gasteiger partial charge in [-0.3, -0.25) is 0 Å². The van der Waals surface area contributed by atoms with Gasteiger partial charge in [0, 0.05) is 18.3 Å². The van der Waals surface area contributed by atoms with Gasteiger partial charge < -0.3 is 10.3 Å². The van der Waals surface area contributed by atoms with E-state index in [0.717, 1.165) is 19.5 Å². The molecular weight excluding hydrogens is 196 g/mol. The third-order valence-corrected chi connectivity index (χ3v) is 3.03. The van der Waals surface area contributed by atoms with Crippen LogP contribution in [-0.4, -0.2) is 11.1 Å². The number of hydrogen-bond acceptors (Lipinski definition) is 1. The number of aryl methyl sites for hydroxylation is 1. The summed E-state index contributed by atoms with van der Waals surface area (Å²) in [6.07, 6.45) is 7.14. The average Bonchev–Trinajstić information content (AvgIpc) is 2.73. The third kappa shape index (κ3) is 2.64. The molecule has 0 aliphatic heterocycles. The molecule has 0 aliphatic carbocycles. The Morgan fingerprint density at radius 3 is 2.62 bits per heavy atom. The number of para-hydroxylation sites is 1. The van der Waals surface area contributed by atoms with Crippen LogP contribution in [-0.2, 0) is 6.54 Å². The second kappa shape index (κ2) is 5.71. The number of fused-ring (bicyclic) bond motifs is 1. The molecule has 1 aromatic heterocycles. The predicted octanol–water partition coefficient (Wildman–Crippen LogP) is 3.16. The number of rotatable bonds is 6. The minimum absolute atomic E-state index is 0.826. The first-order chi connectivity index (χ1) is 7.92. The van der Waals surface area contributed by atoms with Crippen LogP contribution in [0.3, 0.4) is 0 Å². The highest BCUT2D eigenvalue weighted by molar-refractivity contribution is 5.79. The van der Waals surface area contributed by atoms with Gasteiger partial charge >= 0.3 is 0 Å². The fourth-order valence-electron chi connectivity index (χ4n) is 2.12. The normalized spacial score (nSPS) is 11.1. The molecule has 2 heteroatoms. The Morgan fingerprint density at radius 2 is 1.75 bits per heavy atom. The van der Waals surface area contributed by atoms with Crippen molar-refractivity contribution in [2.24, 2.45) is 5.73 Å². The van der Waals surface area contributed by atoms with Crippen molar-refractivity contribution in [1.82, 2.24) is 4.57 Å². The smallest absolute Gasteiger partial charge is 0.0480 e. The molecule has 0 atom stereocenters. The Morgan fingerprint density at radius 1 is 0.938 bits per heavy atom. The summed E-state index contributed by atoms with van der Waals surface area (Å²) < 4.78 is 2.35. The highest BCUT2D eigenvalue weighted by Gasteiger charge is 1.98. The van der Waals surface area contributed by atoms with Gasteiger partial charge in [0.05, 0.1) is 0 Å². The summed E-state index contributed by atoms with van der Waals surface area (Å²) in [6, 6.07) is 10.7. The Labute approximate surface area is 97.1 Å². The van der Waals surface area contributed by atoms with E-state index >= 15 is 0 Å². The van der Waals surface area contributed by atoms with Crippen molar-refractivity contribution in [1.29, 1.82) is 0 Å². The molecule has 1 heterocycles.